The fourth-order valence-electron chi connectivity index (χ4n) is 4.71. The summed E-state index contributed by atoms with van der Waals surface area (Å²) >= 11 is 1.55. The maximum absolute atomic E-state index is 12.7. The van der Waals surface area contributed by atoms with E-state index in [0.29, 0.717) is 17.1 Å². The van der Waals surface area contributed by atoms with Crippen molar-refractivity contribution in [2.24, 2.45) is 5.92 Å². The molecule has 0 aliphatic carbocycles. The molecule has 1 aliphatic heterocycles. The van der Waals surface area contributed by atoms with Crippen LogP contribution in [0.4, 0.5) is 5.13 Å². The third kappa shape index (κ3) is 5.82. The van der Waals surface area contributed by atoms with Gasteiger partial charge in [-0.05, 0) is 42.5 Å². The number of sulfone groups is 1. The van der Waals surface area contributed by atoms with Crippen LogP contribution in [0.3, 0.4) is 0 Å². The highest BCUT2D eigenvalue weighted by molar-refractivity contribution is 7.91. The topological polar surface area (TPSA) is 79.4 Å². The second-order valence-corrected chi connectivity index (χ2v) is 12.9. The summed E-state index contributed by atoms with van der Waals surface area (Å²) in [6.07, 6.45) is 1.16. The Morgan fingerprint density at radius 2 is 1.77 bits per heavy atom. The van der Waals surface area contributed by atoms with Gasteiger partial charge in [0.25, 0.3) is 0 Å². The van der Waals surface area contributed by atoms with Gasteiger partial charge < -0.3 is 5.32 Å². The molecule has 0 saturated carbocycles. The van der Waals surface area contributed by atoms with Gasteiger partial charge in [-0.25, -0.2) is 13.4 Å². The number of rotatable bonds is 9. The van der Waals surface area contributed by atoms with Crippen LogP contribution in [-0.4, -0.2) is 36.0 Å². The lowest BCUT2D eigenvalue weighted by molar-refractivity contribution is -0.115. The van der Waals surface area contributed by atoms with Gasteiger partial charge in [-0.15, -0.1) is 11.3 Å². The van der Waals surface area contributed by atoms with Gasteiger partial charge in [-0.1, -0.05) is 63.2 Å². The molecule has 35 heavy (non-hydrogen) atoms. The Morgan fingerprint density at radius 1 is 1.09 bits per heavy atom. The number of benzene rings is 2. The molecule has 0 saturated heterocycles. The van der Waals surface area contributed by atoms with Crippen molar-refractivity contribution >= 4 is 32.2 Å². The molecule has 0 spiro atoms. The number of aromatic nitrogens is 1. The van der Waals surface area contributed by atoms with E-state index in [1.54, 1.807) is 42.5 Å². The van der Waals surface area contributed by atoms with Crippen LogP contribution in [0.1, 0.15) is 55.4 Å². The van der Waals surface area contributed by atoms with Crippen molar-refractivity contribution in [2.45, 2.75) is 64.1 Å². The van der Waals surface area contributed by atoms with Crippen LogP contribution in [0.15, 0.2) is 59.5 Å². The third-order valence-corrected chi connectivity index (χ3v) is 9.26. The Hall–Kier alpha value is -2.55. The highest BCUT2D eigenvalue weighted by atomic mass is 32.2. The minimum atomic E-state index is -3.24. The molecule has 2 atom stereocenters. The summed E-state index contributed by atoms with van der Waals surface area (Å²) in [4.78, 5) is 21.5. The smallest absolute Gasteiger partial charge is 0.230 e. The predicted octanol–water partition coefficient (Wildman–Crippen LogP) is 5.26. The number of thiazole rings is 1. The van der Waals surface area contributed by atoms with Crippen LogP contribution in [0, 0.1) is 5.92 Å². The molecular weight excluding hydrogens is 478 g/mol. The molecule has 2 heterocycles. The third-order valence-electron chi connectivity index (χ3n) is 6.54. The van der Waals surface area contributed by atoms with Gasteiger partial charge in [-0.2, -0.15) is 0 Å². The summed E-state index contributed by atoms with van der Waals surface area (Å²) in [6, 6.07) is 17.7. The average molecular weight is 512 g/mol. The number of hydrogen-bond donors (Lipinski definition) is 1. The lowest BCUT2D eigenvalue weighted by Crippen LogP contribution is -2.35. The SMILES string of the molecule is CCS(=O)(=O)c1ccc(CC(=O)Nc2nc3c(s2)CN([C@@H](C)Cc2ccccc2)[C@@H]3C(C)C)cc1. The number of amides is 1. The maximum Gasteiger partial charge on any atom is 0.230 e. The van der Waals surface area contributed by atoms with Gasteiger partial charge in [0, 0.05) is 17.5 Å². The quantitative estimate of drug-likeness (QED) is 0.424. The molecule has 3 aromatic rings. The highest BCUT2D eigenvalue weighted by Crippen LogP contribution is 2.43. The Bertz CT molecular complexity index is 1270. The second kappa shape index (κ2) is 10.6. The largest absolute Gasteiger partial charge is 0.302 e. The van der Waals surface area contributed by atoms with Crippen LogP contribution in [0.2, 0.25) is 0 Å². The predicted molar refractivity (Wildman–Crippen MR) is 141 cm³/mol. The van der Waals surface area contributed by atoms with Crippen molar-refractivity contribution in [1.82, 2.24) is 9.88 Å². The van der Waals surface area contributed by atoms with Crippen molar-refractivity contribution in [3.05, 3.63) is 76.3 Å². The molecule has 1 aliphatic rings. The number of nitrogens with one attached hydrogen (secondary N) is 1. The summed E-state index contributed by atoms with van der Waals surface area (Å²) in [5.74, 6) is 0.304. The summed E-state index contributed by atoms with van der Waals surface area (Å²) < 4.78 is 24.0. The Balaban J connectivity index is 1.41. The van der Waals surface area contributed by atoms with E-state index in [9.17, 15) is 13.2 Å². The number of nitrogens with zero attached hydrogens (tertiary/aromatic N) is 2. The molecule has 0 unspecified atom stereocenters. The lowest BCUT2D eigenvalue weighted by Gasteiger charge is -2.33. The van der Waals surface area contributed by atoms with E-state index >= 15 is 0 Å². The Morgan fingerprint density at radius 3 is 2.40 bits per heavy atom. The Labute approximate surface area is 212 Å². The first-order chi connectivity index (χ1) is 16.7. The van der Waals surface area contributed by atoms with Crippen molar-refractivity contribution in [3.63, 3.8) is 0 Å². The zero-order chi connectivity index (χ0) is 25.2. The summed E-state index contributed by atoms with van der Waals surface area (Å²) in [7, 11) is -3.24. The van der Waals surface area contributed by atoms with Crippen molar-refractivity contribution in [2.75, 3.05) is 11.1 Å². The molecular formula is C27H33N3O3S2. The van der Waals surface area contributed by atoms with E-state index in [4.69, 9.17) is 4.98 Å². The number of anilines is 1. The minimum absolute atomic E-state index is 0.0569. The fraction of sp³-hybridized carbons (Fsp3) is 0.407. The molecule has 1 N–H and O–H groups in total. The summed E-state index contributed by atoms with van der Waals surface area (Å²) in [5.41, 5.74) is 3.18. The fourth-order valence-corrected chi connectivity index (χ4v) is 6.62. The van der Waals surface area contributed by atoms with Gasteiger partial charge in [0.05, 0.1) is 28.8 Å². The van der Waals surface area contributed by atoms with Gasteiger partial charge in [-0.3, -0.25) is 9.69 Å². The first-order valence-corrected chi connectivity index (χ1v) is 14.6. The highest BCUT2D eigenvalue weighted by Gasteiger charge is 2.38. The number of carbonyl (C=O) groups excluding carboxylic acids is 1. The molecule has 0 radical (unpaired) electrons. The van der Waals surface area contributed by atoms with Crippen LogP contribution in [0.5, 0.6) is 0 Å². The number of hydrogen-bond acceptors (Lipinski definition) is 6. The van der Waals surface area contributed by atoms with Gasteiger partial charge in [0.15, 0.2) is 15.0 Å². The van der Waals surface area contributed by atoms with Crippen LogP contribution < -0.4 is 5.32 Å². The van der Waals surface area contributed by atoms with Gasteiger partial charge >= 0.3 is 0 Å². The number of fused-ring (bicyclic) bond motifs is 1. The first kappa shape index (κ1) is 25.5. The normalized spacial score (nSPS) is 16.9. The lowest BCUT2D eigenvalue weighted by atomic mass is 9.98. The average Bonchev–Trinajstić information content (AvgIpc) is 3.37. The minimum Gasteiger partial charge on any atom is -0.302 e. The van der Waals surface area contributed by atoms with Gasteiger partial charge in [0.2, 0.25) is 5.91 Å². The van der Waals surface area contributed by atoms with Crippen LogP contribution in [-0.2, 0) is 34.0 Å². The van der Waals surface area contributed by atoms with E-state index in [1.807, 2.05) is 6.07 Å². The second-order valence-electron chi connectivity index (χ2n) is 9.50. The monoisotopic (exact) mass is 511 g/mol. The standard InChI is InChI=1S/C27H33N3O3S2/c1-5-35(32,33)22-13-11-21(12-14-22)16-24(31)28-27-29-25-23(34-27)17-30(26(25)18(2)3)19(4)15-20-9-7-6-8-10-20/h6-14,18-19,26H,5,15-17H2,1-4H3,(H,28,29,31)/t19-,26+/m0/s1. The molecule has 6 nitrogen and oxygen atoms in total. The zero-order valence-electron chi connectivity index (χ0n) is 20.7. The van der Waals surface area contributed by atoms with Crippen LogP contribution in [0.25, 0.3) is 0 Å². The molecule has 1 amide bonds. The zero-order valence-corrected chi connectivity index (χ0v) is 22.3. The van der Waals surface area contributed by atoms with E-state index in [-0.39, 0.29) is 29.0 Å². The molecule has 2 aromatic carbocycles. The van der Waals surface area contributed by atoms with Crippen molar-refractivity contribution in [3.8, 4) is 0 Å². The molecule has 8 heteroatoms. The summed E-state index contributed by atoms with van der Waals surface area (Å²) in [5, 5.41) is 3.58. The van der Waals surface area contributed by atoms with E-state index < -0.39 is 9.84 Å². The maximum atomic E-state index is 12.7. The Kier molecular flexibility index (Phi) is 7.73. The first-order valence-electron chi connectivity index (χ1n) is 12.1. The molecule has 0 bridgehead atoms. The van der Waals surface area contributed by atoms with Crippen molar-refractivity contribution < 1.29 is 13.2 Å². The molecule has 4 rings (SSSR count). The molecule has 186 valence electrons. The van der Waals surface area contributed by atoms with Crippen LogP contribution >= 0.6 is 11.3 Å². The van der Waals surface area contributed by atoms with E-state index in [0.717, 1.165) is 24.2 Å². The molecule has 1 aromatic heterocycles. The van der Waals surface area contributed by atoms with E-state index in [2.05, 4.69) is 55.3 Å². The van der Waals surface area contributed by atoms with Gasteiger partial charge in [0.1, 0.15) is 0 Å². The van der Waals surface area contributed by atoms with E-state index in [1.165, 1.54) is 10.4 Å². The summed E-state index contributed by atoms with van der Waals surface area (Å²) in [6.45, 7) is 9.19. The van der Waals surface area contributed by atoms with Crippen molar-refractivity contribution in [1.29, 1.82) is 0 Å². The number of carbonyl (C=O) groups is 1. The molecule has 0 fully saturated rings.